The van der Waals surface area contributed by atoms with Gasteiger partial charge in [-0.2, -0.15) is 0 Å². The van der Waals surface area contributed by atoms with Crippen LogP contribution in [0.1, 0.15) is 19.3 Å². The zero-order valence-electron chi connectivity index (χ0n) is 13.7. The number of fused-ring (bicyclic) bond motifs is 1. The van der Waals surface area contributed by atoms with Crippen LogP contribution in [0.5, 0.6) is 5.75 Å². The van der Waals surface area contributed by atoms with Gasteiger partial charge in [0.15, 0.2) is 0 Å². The average Bonchev–Trinajstić information content (AvgIpc) is 3.02. The lowest BCUT2D eigenvalue weighted by Gasteiger charge is -2.13. The summed E-state index contributed by atoms with van der Waals surface area (Å²) in [7, 11) is 0. The Kier molecular flexibility index (Phi) is 5.54. The van der Waals surface area contributed by atoms with Crippen molar-refractivity contribution in [3.8, 4) is 5.75 Å². The molecule has 0 saturated heterocycles. The smallest absolute Gasteiger partial charge is 0.314 e. The molecule has 2 atom stereocenters. The Bertz CT molecular complexity index is 684. The van der Waals surface area contributed by atoms with Crippen LogP contribution in [0.3, 0.4) is 0 Å². The molecule has 2 aromatic rings. The fraction of sp³-hybridized carbons (Fsp3) is 0.421. The van der Waals surface area contributed by atoms with Gasteiger partial charge < -0.3 is 20.5 Å². The molecule has 0 heterocycles. The number of carbonyl (C=O) groups excluding carboxylic acids is 1. The molecule has 0 aliphatic heterocycles. The quantitative estimate of drug-likeness (QED) is 0.714. The molecule has 1 aliphatic carbocycles. The van der Waals surface area contributed by atoms with Gasteiger partial charge in [0.05, 0.1) is 12.6 Å². The number of carbonyl (C=O) groups is 1. The summed E-state index contributed by atoms with van der Waals surface area (Å²) >= 11 is 0. The number of benzene rings is 2. The molecule has 1 saturated carbocycles. The van der Waals surface area contributed by atoms with E-state index in [1.165, 1.54) is 0 Å². The second kappa shape index (κ2) is 8.02. The van der Waals surface area contributed by atoms with Crippen LogP contribution >= 0.6 is 0 Å². The first-order valence-electron chi connectivity index (χ1n) is 8.52. The number of ether oxygens (including phenoxy) is 1. The van der Waals surface area contributed by atoms with Crippen molar-refractivity contribution in [2.24, 2.45) is 5.92 Å². The van der Waals surface area contributed by atoms with Crippen LogP contribution in [0.15, 0.2) is 42.5 Å². The third-order valence-corrected chi connectivity index (χ3v) is 4.46. The van der Waals surface area contributed by atoms with Gasteiger partial charge >= 0.3 is 6.03 Å². The summed E-state index contributed by atoms with van der Waals surface area (Å²) in [6.45, 7) is 1.49. The van der Waals surface area contributed by atoms with E-state index in [1.807, 2.05) is 42.5 Å². The molecule has 1 aliphatic rings. The number of hydrogen-bond donors (Lipinski definition) is 3. The Balaban J connectivity index is 1.38. The summed E-state index contributed by atoms with van der Waals surface area (Å²) in [4.78, 5) is 11.8. The molecule has 24 heavy (non-hydrogen) atoms. The zero-order valence-corrected chi connectivity index (χ0v) is 13.7. The van der Waals surface area contributed by atoms with E-state index in [0.717, 1.165) is 35.8 Å². The monoisotopic (exact) mass is 328 g/mol. The summed E-state index contributed by atoms with van der Waals surface area (Å²) < 4.78 is 5.79. The van der Waals surface area contributed by atoms with E-state index < -0.39 is 0 Å². The minimum Gasteiger partial charge on any atom is -0.491 e. The van der Waals surface area contributed by atoms with Crippen molar-refractivity contribution in [2.45, 2.75) is 25.4 Å². The number of urea groups is 1. The van der Waals surface area contributed by atoms with Crippen LogP contribution in [-0.2, 0) is 0 Å². The molecule has 0 aromatic heterocycles. The molecule has 128 valence electrons. The van der Waals surface area contributed by atoms with Crippen LogP contribution < -0.4 is 15.4 Å². The summed E-state index contributed by atoms with van der Waals surface area (Å²) in [6, 6.07) is 13.8. The lowest BCUT2D eigenvalue weighted by atomic mass is 10.1. The molecule has 5 heteroatoms. The van der Waals surface area contributed by atoms with E-state index in [9.17, 15) is 9.90 Å². The highest BCUT2D eigenvalue weighted by atomic mass is 16.5. The van der Waals surface area contributed by atoms with Gasteiger partial charge in [-0.1, -0.05) is 36.4 Å². The predicted molar refractivity (Wildman–Crippen MR) is 94.2 cm³/mol. The largest absolute Gasteiger partial charge is 0.491 e. The minimum atomic E-state index is -0.200. The van der Waals surface area contributed by atoms with Crippen LogP contribution in [0, 0.1) is 5.92 Å². The first-order valence-corrected chi connectivity index (χ1v) is 8.52. The van der Waals surface area contributed by atoms with Gasteiger partial charge in [0, 0.05) is 11.9 Å². The molecule has 0 spiro atoms. The molecular formula is C19H24N2O3. The van der Waals surface area contributed by atoms with Crippen LogP contribution in [0.25, 0.3) is 10.8 Å². The summed E-state index contributed by atoms with van der Waals surface area (Å²) in [6.07, 6.45) is 2.40. The molecule has 2 unspecified atom stereocenters. The van der Waals surface area contributed by atoms with Crippen LogP contribution in [0.4, 0.5) is 4.79 Å². The zero-order chi connectivity index (χ0) is 16.8. The Morgan fingerprint density at radius 3 is 2.79 bits per heavy atom. The number of amides is 2. The fourth-order valence-corrected chi connectivity index (χ4v) is 3.18. The molecule has 0 bridgehead atoms. The Hall–Kier alpha value is -2.27. The normalized spacial score (nSPS) is 20.0. The van der Waals surface area contributed by atoms with Crippen molar-refractivity contribution < 1.29 is 14.6 Å². The van der Waals surface area contributed by atoms with Crippen molar-refractivity contribution in [2.75, 3.05) is 19.7 Å². The minimum absolute atomic E-state index is 0.182. The average molecular weight is 328 g/mol. The lowest BCUT2D eigenvalue weighted by molar-refractivity contribution is 0.177. The van der Waals surface area contributed by atoms with Crippen molar-refractivity contribution in [3.05, 3.63) is 42.5 Å². The van der Waals surface area contributed by atoms with Crippen LogP contribution in [0.2, 0.25) is 0 Å². The van der Waals surface area contributed by atoms with E-state index >= 15 is 0 Å². The highest BCUT2D eigenvalue weighted by molar-refractivity contribution is 5.88. The topological polar surface area (TPSA) is 70.6 Å². The van der Waals surface area contributed by atoms with Crippen molar-refractivity contribution in [1.82, 2.24) is 10.6 Å². The number of hydrogen-bond acceptors (Lipinski definition) is 3. The Morgan fingerprint density at radius 1 is 1.12 bits per heavy atom. The van der Waals surface area contributed by atoms with Gasteiger partial charge in [0.2, 0.25) is 0 Å². The lowest BCUT2D eigenvalue weighted by Crippen LogP contribution is -2.39. The Morgan fingerprint density at radius 2 is 1.96 bits per heavy atom. The van der Waals surface area contributed by atoms with Crippen molar-refractivity contribution in [3.63, 3.8) is 0 Å². The molecule has 0 radical (unpaired) electrons. The third kappa shape index (κ3) is 4.38. The highest BCUT2D eigenvalue weighted by Gasteiger charge is 2.22. The first kappa shape index (κ1) is 16.6. The summed E-state index contributed by atoms with van der Waals surface area (Å²) in [5.74, 6) is 1.22. The molecular weight excluding hydrogens is 304 g/mol. The van der Waals surface area contributed by atoms with Gasteiger partial charge in [-0.05, 0) is 36.6 Å². The molecule has 3 N–H and O–H groups in total. The van der Waals surface area contributed by atoms with Gasteiger partial charge in [-0.15, -0.1) is 0 Å². The summed E-state index contributed by atoms with van der Waals surface area (Å²) in [5.41, 5.74) is 0. The SMILES string of the molecule is O=C(NCCOc1cccc2ccccc12)NCC1CCC(O)C1. The maximum atomic E-state index is 11.8. The van der Waals surface area contributed by atoms with E-state index in [-0.39, 0.29) is 12.1 Å². The van der Waals surface area contributed by atoms with Crippen molar-refractivity contribution in [1.29, 1.82) is 0 Å². The van der Waals surface area contributed by atoms with E-state index in [1.54, 1.807) is 0 Å². The third-order valence-electron chi connectivity index (χ3n) is 4.46. The van der Waals surface area contributed by atoms with E-state index in [4.69, 9.17) is 4.74 Å². The number of aliphatic hydroxyl groups is 1. The number of aliphatic hydroxyl groups excluding tert-OH is 1. The molecule has 2 aromatic carbocycles. The van der Waals surface area contributed by atoms with Gasteiger partial charge in [0.1, 0.15) is 12.4 Å². The van der Waals surface area contributed by atoms with Gasteiger partial charge in [-0.25, -0.2) is 4.79 Å². The second-order valence-corrected chi connectivity index (χ2v) is 6.30. The number of nitrogens with one attached hydrogen (secondary N) is 2. The fourth-order valence-electron chi connectivity index (χ4n) is 3.18. The van der Waals surface area contributed by atoms with Crippen LogP contribution in [-0.4, -0.2) is 36.9 Å². The molecule has 2 amide bonds. The Labute approximate surface area is 142 Å². The molecule has 1 fully saturated rings. The van der Waals surface area contributed by atoms with Gasteiger partial charge in [0.25, 0.3) is 0 Å². The second-order valence-electron chi connectivity index (χ2n) is 6.30. The predicted octanol–water partition coefficient (Wildman–Crippen LogP) is 2.68. The first-order chi connectivity index (χ1) is 11.7. The molecule has 3 rings (SSSR count). The standard InChI is InChI=1S/C19H24N2O3/c22-16-9-8-14(12-16)13-21-19(23)20-10-11-24-18-7-3-5-15-4-1-2-6-17(15)18/h1-7,14,16,22H,8-13H2,(H2,20,21,23). The summed E-state index contributed by atoms with van der Waals surface area (Å²) in [5, 5.41) is 17.3. The van der Waals surface area contributed by atoms with E-state index in [0.29, 0.717) is 25.6 Å². The van der Waals surface area contributed by atoms with E-state index in [2.05, 4.69) is 10.6 Å². The number of rotatable bonds is 6. The maximum Gasteiger partial charge on any atom is 0.314 e. The molecule has 5 nitrogen and oxygen atoms in total. The highest BCUT2D eigenvalue weighted by Crippen LogP contribution is 2.25. The maximum absolute atomic E-state index is 11.8. The van der Waals surface area contributed by atoms with Crippen molar-refractivity contribution >= 4 is 16.8 Å². The van der Waals surface area contributed by atoms with Gasteiger partial charge in [-0.3, -0.25) is 0 Å².